The van der Waals surface area contributed by atoms with Crippen molar-refractivity contribution in [1.29, 1.82) is 0 Å². The summed E-state index contributed by atoms with van der Waals surface area (Å²) in [6, 6.07) is 0.690. The monoisotopic (exact) mass is 239 g/mol. The lowest BCUT2D eigenvalue weighted by molar-refractivity contribution is -0.121. The quantitative estimate of drug-likeness (QED) is 0.790. The molecule has 0 aromatic heterocycles. The summed E-state index contributed by atoms with van der Waals surface area (Å²) in [6.07, 6.45) is 10.1. The number of hydrogen-bond acceptors (Lipinski definition) is 2. The molecule has 2 unspecified atom stereocenters. The first kappa shape index (κ1) is 13.4. The highest BCUT2D eigenvalue weighted by Crippen LogP contribution is 2.40. The number of nitrogens with one attached hydrogen (secondary N) is 1. The van der Waals surface area contributed by atoms with Gasteiger partial charge in [0.1, 0.15) is 5.72 Å². The van der Waals surface area contributed by atoms with Crippen LogP contribution in [0.15, 0.2) is 0 Å². The molecule has 2 nitrogen and oxygen atoms in total. The van der Waals surface area contributed by atoms with Crippen molar-refractivity contribution < 1.29 is 4.74 Å². The average molecular weight is 239 g/mol. The Morgan fingerprint density at radius 1 is 1.18 bits per heavy atom. The second kappa shape index (κ2) is 5.27. The van der Waals surface area contributed by atoms with E-state index < -0.39 is 0 Å². The molecule has 2 aliphatic rings. The molecule has 2 fully saturated rings. The highest BCUT2D eigenvalue weighted by molar-refractivity contribution is 4.90. The predicted molar refractivity (Wildman–Crippen MR) is 72.0 cm³/mol. The lowest BCUT2D eigenvalue weighted by Gasteiger charge is -2.42. The molecule has 1 N–H and O–H groups in total. The first-order valence-corrected chi connectivity index (χ1v) is 7.47. The second-order valence-corrected chi connectivity index (χ2v) is 6.78. The van der Waals surface area contributed by atoms with Crippen molar-refractivity contribution in [1.82, 2.24) is 5.32 Å². The predicted octanol–water partition coefficient (Wildman–Crippen LogP) is 3.85. The molecule has 0 amide bonds. The van der Waals surface area contributed by atoms with Gasteiger partial charge in [-0.1, -0.05) is 27.2 Å². The topological polar surface area (TPSA) is 21.3 Å². The Kier molecular flexibility index (Phi) is 4.14. The van der Waals surface area contributed by atoms with E-state index >= 15 is 0 Å². The Bertz CT molecular complexity index is 249. The van der Waals surface area contributed by atoms with Crippen molar-refractivity contribution in [3.8, 4) is 0 Å². The highest BCUT2D eigenvalue weighted by atomic mass is 16.5. The van der Waals surface area contributed by atoms with Crippen LogP contribution in [0, 0.1) is 5.41 Å². The first-order valence-electron chi connectivity index (χ1n) is 7.47. The van der Waals surface area contributed by atoms with Crippen molar-refractivity contribution >= 4 is 0 Å². The normalized spacial score (nSPS) is 37.9. The molecule has 1 saturated carbocycles. The molecule has 0 aromatic carbocycles. The molecule has 1 aliphatic carbocycles. The Morgan fingerprint density at radius 2 is 2.00 bits per heavy atom. The summed E-state index contributed by atoms with van der Waals surface area (Å²) >= 11 is 0. The maximum atomic E-state index is 6.15. The lowest BCUT2D eigenvalue weighted by atomic mass is 9.85. The molecule has 1 heterocycles. The fourth-order valence-electron chi connectivity index (χ4n) is 3.38. The van der Waals surface area contributed by atoms with E-state index in [2.05, 4.69) is 26.1 Å². The second-order valence-electron chi connectivity index (χ2n) is 6.78. The molecule has 17 heavy (non-hydrogen) atoms. The van der Waals surface area contributed by atoms with E-state index in [9.17, 15) is 0 Å². The summed E-state index contributed by atoms with van der Waals surface area (Å²) in [5.74, 6) is 0. The SMILES string of the molecule is CCCC1CCOC2(CCCC(C)(C)CC2)N1. The van der Waals surface area contributed by atoms with Crippen molar-refractivity contribution in [2.45, 2.75) is 83.9 Å². The maximum absolute atomic E-state index is 6.15. The van der Waals surface area contributed by atoms with Crippen LogP contribution in [0.25, 0.3) is 0 Å². The molecule has 0 aromatic rings. The summed E-state index contributed by atoms with van der Waals surface area (Å²) in [4.78, 5) is 0. The van der Waals surface area contributed by atoms with E-state index in [1.807, 2.05) is 0 Å². The third kappa shape index (κ3) is 3.45. The van der Waals surface area contributed by atoms with Gasteiger partial charge in [0.25, 0.3) is 0 Å². The van der Waals surface area contributed by atoms with Gasteiger partial charge in [0.2, 0.25) is 0 Å². The third-order valence-corrected chi connectivity index (χ3v) is 4.59. The van der Waals surface area contributed by atoms with Crippen molar-refractivity contribution in [3.05, 3.63) is 0 Å². The molecular weight excluding hydrogens is 210 g/mol. The van der Waals surface area contributed by atoms with E-state index in [1.54, 1.807) is 0 Å². The van der Waals surface area contributed by atoms with Gasteiger partial charge in [0.05, 0.1) is 6.61 Å². The molecule has 0 radical (unpaired) electrons. The van der Waals surface area contributed by atoms with Crippen LogP contribution in [0.2, 0.25) is 0 Å². The van der Waals surface area contributed by atoms with Crippen molar-refractivity contribution in [2.24, 2.45) is 5.41 Å². The number of ether oxygens (including phenoxy) is 1. The van der Waals surface area contributed by atoms with Gasteiger partial charge < -0.3 is 4.74 Å². The van der Waals surface area contributed by atoms with Crippen LogP contribution in [0.3, 0.4) is 0 Å². The summed E-state index contributed by atoms with van der Waals surface area (Å²) in [7, 11) is 0. The summed E-state index contributed by atoms with van der Waals surface area (Å²) in [5.41, 5.74) is 0.526. The van der Waals surface area contributed by atoms with Gasteiger partial charge in [0.15, 0.2) is 0 Å². The van der Waals surface area contributed by atoms with Gasteiger partial charge in [-0.3, -0.25) is 5.32 Å². The van der Waals surface area contributed by atoms with E-state index in [-0.39, 0.29) is 5.72 Å². The van der Waals surface area contributed by atoms with Gasteiger partial charge >= 0.3 is 0 Å². The van der Waals surface area contributed by atoms with Gasteiger partial charge in [-0.15, -0.1) is 0 Å². The zero-order valence-electron chi connectivity index (χ0n) is 11.8. The minimum Gasteiger partial charge on any atom is -0.361 e. The number of rotatable bonds is 2. The summed E-state index contributed by atoms with van der Waals surface area (Å²) in [5, 5.41) is 3.83. The highest BCUT2D eigenvalue weighted by Gasteiger charge is 2.39. The van der Waals surface area contributed by atoms with E-state index in [0.29, 0.717) is 11.5 Å². The first-order chi connectivity index (χ1) is 8.05. The van der Waals surface area contributed by atoms with Crippen LogP contribution < -0.4 is 5.32 Å². The molecule has 2 atom stereocenters. The zero-order chi connectivity index (χ0) is 12.4. The summed E-state index contributed by atoms with van der Waals surface area (Å²) in [6.45, 7) is 8.04. The average Bonchev–Trinajstić information content (AvgIpc) is 2.40. The minimum absolute atomic E-state index is 0.0197. The fraction of sp³-hybridized carbons (Fsp3) is 1.00. The van der Waals surface area contributed by atoms with Gasteiger partial charge in [-0.25, -0.2) is 0 Å². The van der Waals surface area contributed by atoms with Gasteiger partial charge in [-0.2, -0.15) is 0 Å². The van der Waals surface area contributed by atoms with Crippen LogP contribution in [0.5, 0.6) is 0 Å². The molecule has 1 saturated heterocycles. The van der Waals surface area contributed by atoms with E-state index in [0.717, 1.165) is 6.61 Å². The zero-order valence-corrected chi connectivity index (χ0v) is 11.8. The minimum atomic E-state index is 0.0197. The Morgan fingerprint density at radius 3 is 2.76 bits per heavy atom. The molecule has 2 heteroatoms. The Balaban J connectivity index is 1.98. The summed E-state index contributed by atoms with van der Waals surface area (Å²) < 4.78 is 6.15. The van der Waals surface area contributed by atoms with Crippen LogP contribution in [0.4, 0.5) is 0 Å². The maximum Gasteiger partial charge on any atom is 0.119 e. The van der Waals surface area contributed by atoms with Crippen LogP contribution in [0.1, 0.15) is 72.1 Å². The van der Waals surface area contributed by atoms with E-state index in [4.69, 9.17) is 4.74 Å². The van der Waals surface area contributed by atoms with E-state index in [1.165, 1.54) is 51.4 Å². The molecule has 1 aliphatic heterocycles. The van der Waals surface area contributed by atoms with Crippen molar-refractivity contribution in [3.63, 3.8) is 0 Å². The van der Waals surface area contributed by atoms with Crippen LogP contribution in [-0.4, -0.2) is 18.4 Å². The molecule has 100 valence electrons. The molecular formula is C15H29NO. The van der Waals surface area contributed by atoms with Crippen LogP contribution in [-0.2, 0) is 4.74 Å². The van der Waals surface area contributed by atoms with Crippen molar-refractivity contribution in [2.75, 3.05) is 6.61 Å². The largest absolute Gasteiger partial charge is 0.361 e. The Hall–Kier alpha value is -0.0800. The molecule has 0 bridgehead atoms. The molecule has 1 spiro atoms. The number of hydrogen-bond donors (Lipinski definition) is 1. The Labute approximate surface area is 107 Å². The van der Waals surface area contributed by atoms with Gasteiger partial charge in [0, 0.05) is 6.04 Å². The molecule has 2 rings (SSSR count). The van der Waals surface area contributed by atoms with Gasteiger partial charge in [-0.05, 0) is 50.4 Å². The smallest absolute Gasteiger partial charge is 0.119 e. The third-order valence-electron chi connectivity index (χ3n) is 4.59. The fourth-order valence-corrected chi connectivity index (χ4v) is 3.38. The lowest BCUT2D eigenvalue weighted by Crippen LogP contribution is -2.56. The standard InChI is InChI=1S/C15H29NO/c1-4-6-13-7-12-17-15(16-13)9-5-8-14(2,3)10-11-15/h13,16H,4-12H2,1-3H3. The van der Waals surface area contributed by atoms with Crippen LogP contribution >= 0.6 is 0 Å².